The van der Waals surface area contributed by atoms with Crippen LogP contribution < -0.4 is 5.32 Å². The van der Waals surface area contributed by atoms with Crippen molar-refractivity contribution in [3.8, 4) is 0 Å². The van der Waals surface area contributed by atoms with Crippen molar-refractivity contribution in [2.75, 3.05) is 6.54 Å². The first kappa shape index (κ1) is 18.4. The average Bonchev–Trinajstić information content (AvgIpc) is 2.58. The van der Waals surface area contributed by atoms with Crippen LogP contribution in [-0.2, 0) is 6.18 Å². The standard InChI is InChI=1S/C16H14F3N3O3/c1-9(10-2-4-11(5-3-10)16(17,18)19)6-22-14(23)12-7-21-13(8-20-12)15(24)25/h2-5,7-9H,6H2,1H3,(H,22,23)(H,24,25). The summed E-state index contributed by atoms with van der Waals surface area (Å²) >= 11 is 0. The Balaban J connectivity index is 1.95. The Bertz CT molecular complexity index is 759. The molecule has 1 amide bonds. The molecule has 1 unspecified atom stereocenters. The van der Waals surface area contributed by atoms with Gasteiger partial charge in [0.2, 0.25) is 0 Å². The van der Waals surface area contributed by atoms with E-state index >= 15 is 0 Å². The molecule has 1 aromatic carbocycles. The SMILES string of the molecule is CC(CNC(=O)c1cnc(C(=O)O)cn1)c1ccc(C(F)(F)F)cc1. The maximum absolute atomic E-state index is 12.5. The number of benzene rings is 1. The minimum atomic E-state index is -4.39. The number of hydrogen-bond acceptors (Lipinski definition) is 4. The van der Waals surface area contributed by atoms with Crippen LogP contribution in [0.2, 0.25) is 0 Å². The fourth-order valence-electron chi connectivity index (χ4n) is 2.01. The van der Waals surface area contributed by atoms with Gasteiger partial charge in [-0.2, -0.15) is 13.2 Å². The van der Waals surface area contributed by atoms with Crippen molar-refractivity contribution in [2.24, 2.45) is 0 Å². The topological polar surface area (TPSA) is 92.2 Å². The number of carboxylic acid groups (broad SMARTS) is 1. The molecule has 1 aromatic heterocycles. The van der Waals surface area contributed by atoms with Gasteiger partial charge in [-0.3, -0.25) is 4.79 Å². The van der Waals surface area contributed by atoms with E-state index in [1.807, 2.05) is 0 Å². The summed E-state index contributed by atoms with van der Waals surface area (Å²) in [5.41, 5.74) is -0.429. The number of amides is 1. The highest BCUT2D eigenvalue weighted by Gasteiger charge is 2.30. The van der Waals surface area contributed by atoms with Crippen LogP contribution in [0.5, 0.6) is 0 Å². The number of carboxylic acids is 1. The molecule has 132 valence electrons. The minimum Gasteiger partial charge on any atom is -0.476 e. The summed E-state index contributed by atoms with van der Waals surface area (Å²) in [6.07, 6.45) is -2.38. The normalized spacial score (nSPS) is 12.5. The first-order chi connectivity index (χ1) is 11.7. The Labute approximate surface area is 140 Å². The van der Waals surface area contributed by atoms with Crippen molar-refractivity contribution in [1.29, 1.82) is 0 Å². The lowest BCUT2D eigenvalue weighted by atomic mass is 9.99. The number of carbonyl (C=O) groups excluding carboxylic acids is 1. The van der Waals surface area contributed by atoms with Crippen LogP contribution in [0.4, 0.5) is 13.2 Å². The predicted molar refractivity (Wildman–Crippen MR) is 81.2 cm³/mol. The van der Waals surface area contributed by atoms with Crippen molar-refractivity contribution in [1.82, 2.24) is 15.3 Å². The largest absolute Gasteiger partial charge is 0.476 e. The highest BCUT2D eigenvalue weighted by molar-refractivity contribution is 5.92. The van der Waals surface area contributed by atoms with Crippen molar-refractivity contribution in [2.45, 2.75) is 19.0 Å². The van der Waals surface area contributed by atoms with Crippen LogP contribution in [0.15, 0.2) is 36.7 Å². The second-order valence-electron chi connectivity index (χ2n) is 5.32. The van der Waals surface area contributed by atoms with Gasteiger partial charge in [0.05, 0.1) is 18.0 Å². The van der Waals surface area contributed by atoms with E-state index in [0.29, 0.717) is 5.56 Å². The van der Waals surface area contributed by atoms with Crippen LogP contribution in [0.3, 0.4) is 0 Å². The van der Waals surface area contributed by atoms with Crippen LogP contribution in [-0.4, -0.2) is 33.5 Å². The predicted octanol–water partition coefficient (Wildman–Crippen LogP) is 2.73. The van der Waals surface area contributed by atoms with Gasteiger partial charge in [0.1, 0.15) is 5.69 Å². The van der Waals surface area contributed by atoms with Crippen LogP contribution in [0.25, 0.3) is 0 Å². The molecule has 25 heavy (non-hydrogen) atoms. The molecule has 1 heterocycles. The van der Waals surface area contributed by atoms with E-state index in [-0.39, 0.29) is 23.9 Å². The van der Waals surface area contributed by atoms with E-state index in [4.69, 9.17) is 5.11 Å². The zero-order valence-electron chi connectivity index (χ0n) is 13.0. The summed E-state index contributed by atoms with van der Waals surface area (Å²) < 4.78 is 37.6. The zero-order valence-corrected chi connectivity index (χ0v) is 13.0. The first-order valence-corrected chi connectivity index (χ1v) is 7.19. The number of nitrogens with zero attached hydrogens (tertiary/aromatic N) is 2. The lowest BCUT2D eigenvalue weighted by Crippen LogP contribution is -2.28. The fraction of sp³-hybridized carbons (Fsp3) is 0.250. The Morgan fingerprint density at radius 1 is 1.12 bits per heavy atom. The lowest BCUT2D eigenvalue weighted by Gasteiger charge is -2.14. The molecule has 6 nitrogen and oxygen atoms in total. The second-order valence-corrected chi connectivity index (χ2v) is 5.32. The quantitative estimate of drug-likeness (QED) is 0.862. The van der Waals surface area contributed by atoms with Gasteiger partial charge in [-0.1, -0.05) is 19.1 Å². The summed E-state index contributed by atoms with van der Waals surface area (Å²) in [7, 11) is 0. The number of alkyl halides is 3. The van der Waals surface area contributed by atoms with E-state index in [2.05, 4.69) is 15.3 Å². The molecule has 1 atom stereocenters. The van der Waals surface area contributed by atoms with Gasteiger partial charge in [-0.25, -0.2) is 14.8 Å². The third kappa shape index (κ3) is 4.75. The summed E-state index contributed by atoms with van der Waals surface area (Å²) in [5, 5.41) is 11.3. The van der Waals surface area contributed by atoms with Gasteiger partial charge in [0.15, 0.2) is 5.69 Å². The third-order valence-electron chi connectivity index (χ3n) is 3.48. The summed E-state index contributed by atoms with van der Waals surface area (Å²) in [6.45, 7) is 1.93. The molecule has 9 heteroatoms. The van der Waals surface area contributed by atoms with Crippen LogP contribution >= 0.6 is 0 Å². The summed E-state index contributed by atoms with van der Waals surface area (Å²) in [5.74, 6) is -2.03. The minimum absolute atomic E-state index is 0.0513. The average molecular weight is 353 g/mol. The lowest BCUT2D eigenvalue weighted by molar-refractivity contribution is -0.137. The molecular formula is C16H14F3N3O3. The van der Waals surface area contributed by atoms with E-state index in [1.165, 1.54) is 12.1 Å². The Hall–Kier alpha value is -2.97. The molecule has 0 aliphatic carbocycles. The molecule has 0 fully saturated rings. The van der Waals surface area contributed by atoms with Crippen molar-refractivity contribution in [3.63, 3.8) is 0 Å². The van der Waals surface area contributed by atoms with Crippen molar-refractivity contribution >= 4 is 11.9 Å². The Morgan fingerprint density at radius 3 is 2.16 bits per heavy atom. The molecule has 0 aliphatic rings. The third-order valence-corrected chi connectivity index (χ3v) is 3.48. The molecule has 2 rings (SSSR count). The van der Waals surface area contributed by atoms with Crippen LogP contribution in [0, 0.1) is 0 Å². The number of carbonyl (C=O) groups is 2. The second kappa shape index (κ2) is 7.29. The van der Waals surface area contributed by atoms with Gasteiger partial charge in [-0.15, -0.1) is 0 Å². The van der Waals surface area contributed by atoms with Crippen molar-refractivity contribution in [3.05, 3.63) is 59.2 Å². The first-order valence-electron chi connectivity index (χ1n) is 7.19. The van der Waals surface area contributed by atoms with Gasteiger partial charge >= 0.3 is 12.1 Å². The number of halogens is 3. The Kier molecular flexibility index (Phi) is 5.35. The number of nitrogens with one attached hydrogen (secondary N) is 1. The van der Waals surface area contributed by atoms with E-state index in [1.54, 1.807) is 6.92 Å². The molecule has 0 spiro atoms. The van der Waals surface area contributed by atoms with E-state index in [0.717, 1.165) is 24.5 Å². The van der Waals surface area contributed by atoms with Gasteiger partial charge in [-0.05, 0) is 23.6 Å². The van der Waals surface area contributed by atoms with Crippen LogP contribution in [0.1, 0.15) is 44.9 Å². The summed E-state index contributed by atoms with van der Waals surface area (Å²) in [4.78, 5) is 29.9. The van der Waals surface area contributed by atoms with E-state index in [9.17, 15) is 22.8 Å². The summed E-state index contributed by atoms with van der Waals surface area (Å²) in [6, 6.07) is 4.70. The molecule has 0 saturated carbocycles. The zero-order chi connectivity index (χ0) is 18.6. The molecule has 2 N–H and O–H groups in total. The van der Waals surface area contributed by atoms with E-state index < -0.39 is 23.6 Å². The number of aromatic carboxylic acids is 1. The molecular weight excluding hydrogens is 339 g/mol. The number of hydrogen-bond donors (Lipinski definition) is 2. The molecule has 2 aromatic rings. The van der Waals surface area contributed by atoms with Gasteiger partial charge < -0.3 is 10.4 Å². The highest BCUT2D eigenvalue weighted by Crippen LogP contribution is 2.30. The molecule has 0 bridgehead atoms. The number of aromatic nitrogens is 2. The molecule has 0 saturated heterocycles. The number of rotatable bonds is 5. The smallest absolute Gasteiger partial charge is 0.416 e. The maximum Gasteiger partial charge on any atom is 0.416 e. The maximum atomic E-state index is 12.5. The van der Waals surface area contributed by atoms with Gasteiger partial charge in [0, 0.05) is 6.54 Å². The van der Waals surface area contributed by atoms with Crippen molar-refractivity contribution < 1.29 is 27.9 Å². The van der Waals surface area contributed by atoms with Gasteiger partial charge in [0.25, 0.3) is 5.91 Å². The Morgan fingerprint density at radius 2 is 1.68 bits per heavy atom. The molecule has 0 aliphatic heterocycles. The molecule has 0 radical (unpaired) electrons. The monoisotopic (exact) mass is 353 g/mol. The fourth-order valence-corrected chi connectivity index (χ4v) is 2.01. The highest BCUT2D eigenvalue weighted by atomic mass is 19.4.